The number of hydrogen-bond acceptors (Lipinski definition) is 7. The summed E-state index contributed by atoms with van der Waals surface area (Å²) in [7, 11) is 1.49. The van der Waals surface area contributed by atoms with Crippen LogP contribution >= 0.6 is 11.8 Å². The number of carbonyl (C=O) groups is 3. The topological polar surface area (TPSA) is 140 Å². The Labute approximate surface area is 187 Å². The number of ether oxygens (including phenoxy) is 1. The maximum Gasteiger partial charge on any atom is 0.293 e. The maximum absolute atomic E-state index is 12.4. The van der Waals surface area contributed by atoms with Crippen molar-refractivity contribution in [3.63, 3.8) is 0 Å². The van der Waals surface area contributed by atoms with Crippen LogP contribution in [-0.2, 0) is 14.4 Å². The van der Waals surface area contributed by atoms with E-state index in [2.05, 4.69) is 15.6 Å². The van der Waals surface area contributed by atoms with E-state index in [0.29, 0.717) is 22.0 Å². The van der Waals surface area contributed by atoms with E-state index in [-0.39, 0.29) is 30.1 Å². The molecule has 0 radical (unpaired) electrons. The molecule has 1 aliphatic heterocycles. The Bertz CT molecular complexity index is 1120. The maximum atomic E-state index is 12.4. The van der Waals surface area contributed by atoms with Gasteiger partial charge in [0.15, 0.2) is 0 Å². The van der Waals surface area contributed by atoms with Crippen molar-refractivity contribution < 1.29 is 24.0 Å². The number of amides is 3. The molecule has 0 aromatic heterocycles. The van der Waals surface area contributed by atoms with Crippen LogP contribution < -0.4 is 15.4 Å². The summed E-state index contributed by atoms with van der Waals surface area (Å²) in [5.74, 6) is -0.965. The molecule has 10 nitrogen and oxygen atoms in total. The van der Waals surface area contributed by atoms with Crippen LogP contribution in [0.25, 0.3) is 0 Å². The van der Waals surface area contributed by atoms with E-state index in [1.54, 1.807) is 37.3 Å². The van der Waals surface area contributed by atoms with E-state index in [1.165, 1.54) is 19.2 Å². The zero-order valence-electron chi connectivity index (χ0n) is 17.3. The van der Waals surface area contributed by atoms with Crippen molar-refractivity contribution in [2.75, 3.05) is 17.7 Å². The standard InChI is InChI=1S/C21H20N4O6S/c1-12-7-8-13(15(9-12)25(29)30)22-18(26)10-17-21(28)24-20(32-17)11-19(27)23-14-5-3-4-6-16(14)31-2/h3-9,17H,10-11H2,1-2H3,(H,22,26)(H,23,27). The Kier molecular flexibility index (Phi) is 7.21. The lowest BCUT2D eigenvalue weighted by Crippen LogP contribution is -2.22. The number of nitro groups is 1. The molecule has 11 heteroatoms. The fourth-order valence-corrected chi connectivity index (χ4v) is 4.07. The van der Waals surface area contributed by atoms with Crippen LogP contribution in [0.1, 0.15) is 18.4 Å². The molecule has 0 bridgehead atoms. The smallest absolute Gasteiger partial charge is 0.293 e. The molecule has 1 aliphatic rings. The van der Waals surface area contributed by atoms with Gasteiger partial charge in [0.05, 0.1) is 29.2 Å². The molecule has 0 aliphatic carbocycles. The van der Waals surface area contributed by atoms with Crippen LogP contribution in [0.4, 0.5) is 17.1 Å². The molecule has 32 heavy (non-hydrogen) atoms. The highest BCUT2D eigenvalue weighted by Gasteiger charge is 2.32. The summed E-state index contributed by atoms with van der Waals surface area (Å²) >= 11 is 1.03. The molecule has 0 fully saturated rings. The number of aliphatic imine (C=N–C) groups is 1. The zero-order valence-corrected chi connectivity index (χ0v) is 18.1. The summed E-state index contributed by atoms with van der Waals surface area (Å²) in [4.78, 5) is 51.4. The minimum atomic E-state index is -0.798. The number of hydrogen-bond donors (Lipinski definition) is 2. The summed E-state index contributed by atoms with van der Waals surface area (Å²) in [6.45, 7) is 1.70. The van der Waals surface area contributed by atoms with E-state index in [9.17, 15) is 24.5 Å². The second-order valence-corrected chi connectivity index (χ2v) is 8.18. The van der Waals surface area contributed by atoms with Gasteiger partial charge in [-0.1, -0.05) is 30.0 Å². The predicted octanol–water partition coefficient (Wildman–Crippen LogP) is 3.31. The average molecular weight is 456 g/mol. The molecular formula is C21H20N4O6S. The summed E-state index contributed by atoms with van der Waals surface area (Å²) in [6, 6.07) is 11.3. The van der Waals surface area contributed by atoms with Crippen LogP contribution in [0.3, 0.4) is 0 Å². The summed E-state index contributed by atoms with van der Waals surface area (Å²) in [5.41, 5.74) is 0.998. The normalized spacial score (nSPS) is 15.1. The quantitative estimate of drug-likeness (QED) is 0.459. The number of rotatable bonds is 8. The highest BCUT2D eigenvalue weighted by molar-refractivity contribution is 8.15. The largest absolute Gasteiger partial charge is 0.495 e. The van der Waals surface area contributed by atoms with Crippen LogP contribution in [-0.4, -0.2) is 40.0 Å². The lowest BCUT2D eigenvalue weighted by molar-refractivity contribution is -0.384. The number of carbonyl (C=O) groups excluding carboxylic acids is 3. The molecule has 2 N–H and O–H groups in total. The van der Waals surface area contributed by atoms with E-state index in [4.69, 9.17) is 4.74 Å². The van der Waals surface area contributed by atoms with Gasteiger partial charge in [0, 0.05) is 12.5 Å². The van der Waals surface area contributed by atoms with Crippen LogP contribution in [0, 0.1) is 17.0 Å². The number of thioether (sulfide) groups is 1. The monoisotopic (exact) mass is 456 g/mol. The summed E-state index contributed by atoms with van der Waals surface area (Å²) < 4.78 is 5.18. The van der Waals surface area contributed by atoms with Gasteiger partial charge in [0.25, 0.3) is 11.6 Å². The van der Waals surface area contributed by atoms with Gasteiger partial charge < -0.3 is 15.4 Å². The van der Waals surface area contributed by atoms with Gasteiger partial charge in [-0.2, -0.15) is 0 Å². The molecule has 3 amide bonds. The van der Waals surface area contributed by atoms with Crippen molar-refractivity contribution in [2.24, 2.45) is 4.99 Å². The van der Waals surface area contributed by atoms with Crippen molar-refractivity contribution in [1.29, 1.82) is 0 Å². The van der Waals surface area contributed by atoms with Crippen LogP contribution in [0.2, 0.25) is 0 Å². The molecule has 166 valence electrons. The number of nitrogens with one attached hydrogen (secondary N) is 2. The molecule has 1 heterocycles. The Hall–Kier alpha value is -3.73. The Balaban J connectivity index is 1.56. The third kappa shape index (κ3) is 5.70. The molecule has 0 spiro atoms. The minimum Gasteiger partial charge on any atom is -0.495 e. The lowest BCUT2D eigenvalue weighted by Gasteiger charge is -2.10. The second-order valence-electron chi connectivity index (χ2n) is 6.91. The molecule has 3 rings (SSSR count). The van der Waals surface area contributed by atoms with Crippen molar-refractivity contribution in [3.8, 4) is 5.75 Å². The molecule has 1 unspecified atom stereocenters. The van der Waals surface area contributed by atoms with Gasteiger partial charge in [0.1, 0.15) is 16.7 Å². The third-order valence-electron chi connectivity index (χ3n) is 4.48. The van der Waals surface area contributed by atoms with Gasteiger partial charge in [-0.15, -0.1) is 0 Å². The van der Waals surface area contributed by atoms with E-state index < -0.39 is 22.0 Å². The van der Waals surface area contributed by atoms with Gasteiger partial charge in [-0.05, 0) is 30.7 Å². The molecule has 0 saturated carbocycles. The Morgan fingerprint density at radius 3 is 2.59 bits per heavy atom. The third-order valence-corrected chi connectivity index (χ3v) is 5.64. The Morgan fingerprint density at radius 1 is 1.16 bits per heavy atom. The first-order valence-electron chi connectivity index (χ1n) is 9.52. The minimum absolute atomic E-state index is 0.0540. The van der Waals surface area contributed by atoms with Crippen LogP contribution in [0.5, 0.6) is 5.75 Å². The van der Waals surface area contributed by atoms with Crippen molar-refractivity contribution in [2.45, 2.75) is 25.0 Å². The van der Waals surface area contributed by atoms with E-state index >= 15 is 0 Å². The highest BCUT2D eigenvalue weighted by atomic mass is 32.2. The lowest BCUT2D eigenvalue weighted by atomic mass is 10.2. The van der Waals surface area contributed by atoms with Crippen molar-refractivity contribution in [3.05, 3.63) is 58.1 Å². The molecule has 2 aromatic rings. The first-order chi connectivity index (χ1) is 15.3. The summed E-state index contributed by atoms with van der Waals surface area (Å²) in [6.07, 6.45) is -0.355. The molecule has 2 aromatic carbocycles. The van der Waals surface area contributed by atoms with Gasteiger partial charge >= 0.3 is 0 Å². The first kappa shape index (κ1) is 22.9. The first-order valence-corrected chi connectivity index (χ1v) is 10.4. The number of anilines is 2. The number of nitro benzene ring substituents is 1. The average Bonchev–Trinajstić information content (AvgIpc) is 3.07. The second kappa shape index (κ2) is 10.1. The number of methoxy groups -OCH3 is 1. The fraction of sp³-hybridized carbons (Fsp3) is 0.238. The Morgan fingerprint density at radius 2 is 1.88 bits per heavy atom. The highest BCUT2D eigenvalue weighted by Crippen LogP contribution is 2.30. The van der Waals surface area contributed by atoms with E-state index in [1.807, 2.05) is 0 Å². The van der Waals surface area contributed by atoms with Gasteiger partial charge in [-0.25, -0.2) is 4.99 Å². The summed E-state index contributed by atoms with van der Waals surface area (Å²) in [5, 5.41) is 15.9. The van der Waals surface area contributed by atoms with Gasteiger partial charge in [-0.3, -0.25) is 24.5 Å². The SMILES string of the molecule is COc1ccccc1NC(=O)CC1=NC(=O)C(CC(=O)Nc2ccc(C)cc2[N+](=O)[O-])S1. The van der Waals surface area contributed by atoms with Crippen molar-refractivity contribution in [1.82, 2.24) is 0 Å². The molecular weight excluding hydrogens is 436 g/mol. The van der Waals surface area contributed by atoms with Crippen molar-refractivity contribution >= 4 is 51.6 Å². The molecule has 1 atom stereocenters. The van der Waals surface area contributed by atoms with E-state index in [0.717, 1.165) is 11.8 Å². The fourth-order valence-electron chi connectivity index (χ4n) is 2.99. The number of para-hydroxylation sites is 2. The number of nitrogens with zero attached hydrogens (tertiary/aromatic N) is 2. The van der Waals surface area contributed by atoms with Crippen LogP contribution in [0.15, 0.2) is 47.5 Å². The number of aryl methyl sites for hydroxylation is 1. The predicted molar refractivity (Wildman–Crippen MR) is 121 cm³/mol. The number of benzene rings is 2. The molecule has 0 saturated heterocycles. The van der Waals surface area contributed by atoms with Gasteiger partial charge in [0.2, 0.25) is 11.8 Å². The zero-order chi connectivity index (χ0) is 23.3.